The molecule has 2 aromatic rings. The van der Waals surface area contributed by atoms with Crippen LogP contribution in [0, 0.1) is 17.2 Å². The van der Waals surface area contributed by atoms with Crippen molar-refractivity contribution in [2.45, 2.75) is 6.92 Å². The lowest BCUT2D eigenvalue weighted by Gasteiger charge is -2.17. The Morgan fingerprint density at radius 1 is 1.00 bits per heavy atom. The molecule has 0 aliphatic rings. The van der Waals surface area contributed by atoms with Gasteiger partial charge < -0.3 is 0 Å². The van der Waals surface area contributed by atoms with Gasteiger partial charge in [-0.15, -0.1) is 10.2 Å². The maximum Gasteiger partial charge on any atom is 0.292 e. The van der Waals surface area contributed by atoms with Gasteiger partial charge >= 0.3 is 0 Å². The molecule has 2 rings (SSSR count). The second-order valence-corrected chi connectivity index (χ2v) is 5.89. The van der Waals surface area contributed by atoms with Crippen molar-refractivity contribution < 1.29 is 28.9 Å². The van der Waals surface area contributed by atoms with Gasteiger partial charge in [0.2, 0.25) is 5.38 Å². The van der Waals surface area contributed by atoms with Crippen LogP contribution in [0.3, 0.4) is 0 Å². The van der Waals surface area contributed by atoms with Gasteiger partial charge in [0.05, 0.1) is 10.9 Å². The highest BCUT2D eigenvalue weighted by Crippen LogP contribution is 2.25. The Morgan fingerprint density at radius 3 is 1.94 bits per heavy atom. The van der Waals surface area contributed by atoms with E-state index < -0.39 is 10.2 Å². The summed E-state index contributed by atoms with van der Waals surface area (Å²) in [7, 11) is -1.38. The van der Waals surface area contributed by atoms with Crippen molar-refractivity contribution in [3.05, 3.63) is 40.6 Å². The SMILES string of the molecule is Cc1ccc(-c2cs[s+]c2)cc1.[O-][Cl+3]([O-])([O-])[O-]. The van der Waals surface area contributed by atoms with Crippen LogP contribution in [0.5, 0.6) is 0 Å². The summed E-state index contributed by atoms with van der Waals surface area (Å²) >= 11 is 0. The Balaban J connectivity index is 0.000000249. The van der Waals surface area contributed by atoms with Crippen LogP contribution in [0.25, 0.3) is 11.1 Å². The van der Waals surface area contributed by atoms with Gasteiger partial charge in [-0.25, -0.2) is 18.6 Å². The molecule has 0 radical (unpaired) electrons. The zero-order valence-corrected chi connectivity index (χ0v) is 11.2. The molecule has 1 aromatic carbocycles. The first-order valence-electron chi connectivity index (χ1n) is 4.40. The van der Waals surface area contributed by atoms with Crippen LogP contribution >= 0.6 is 20.7 Å². The third-order valence-corrected chi connectivity index (χ3v) is 3.51. The van der Waals surface area contributed by atoms with E-state index in [0.717, 1.165) is 0 Å². The molecule has 0 amide bonds. The molecule has 0 bridgehead atoms. The van der Waals surface area contributed by atoms with Crippen LogP contribution in [0.1, 0.15) is 5.56 Å². The van der Waals surface area contributed by atoms with E-state index in [-0.39, 0.29) is 0 Å². The summed E-state index contributed by atoms with van der Waals surface area (Å²) in [6.07, 6.45) is 0. The average Bonchev–Trinajstić information content (AvgIpc) is 2.69. The molecular formula is C10H9ClO4S2. The predicted molar refractivity (Wildman–Crippen MR) is 56.8 cm³/mol. The highest BCUT2D eigenvalue weighted by molar-refractivity contribution is 7.68. The number of hydrogen-bond donors (Lipinski definition) is 0. The average molecular weight is 293 g/mol. The van der Waals surface area contributed by atoms with Gasteiger partial charge in [0.25, 0.3) is 10.3 Å². The van der Waals surface area contributed by atoms with E-state index in [9.17, 15) is 0 Å². The smallest absolute Gasteiger partial charge is 0.222 e. The highest BCUT2D eigenvalue weighted by Gasteiger charge is 2.03. The quantitative estimate of drug-likeness (QED) is 0.514. The zero-order valence-electron chi connectivity index (χ0n) is 8.79. The number of hydrogen-bond acceptors (Lipinski definition) is 5. The van der Waals surface area contributed by atoms with Crippen LogP contribution in [0.4, 0.5) is 0 Å². The molecule has 0 fully saturated rings. The second kappa shape index (κ2) is 6.36. The van der Waals surface area contributed by atoms with Gasteiger partial charge in [0, 0.05) is 0 Å². The number of rotatable bonds is 1. The fraction of sp³-hybridized carbons (Fsp3) is 0.100. The molecule has 4 nitrogen and oxygen atoms in total. The Labute approximate surface area is 108 Å². The van der Waals surface area contributed by atoms with Crippen LogP contribution in [-0.2, 0) is 0 Å². The van der Waals surface area contributed by atoms with Crippen molar-refractivity contribution in [3.63, 3.8) is 0 Å². The maximum absolute atomic E-state index is 8.49. The molecule has 7 heteroatoms. The lowest BCUT2D eigenvalue weighted by atomic mass is 10.1. The van der Waals surface area contributed by atoms with Gasteiger partial charge in [-0.3, -0.25) is 0 Å². The molecule has 0 aliphatic heterocycles. The lowest BCUT2D eigenvalue weighted by molar-refractivity contribution is -2.00. The molecule has 17 heavy (non-hydrogen) atoms. The number of aryl methyl sites for hydroxylation is 1. The van der Waals surface area contributed by atoms with Crippen LogP contribution < -0.4 is 18.6 Å². The maximum atomic E-state index is 8.49. The zero-order chi connectivity index (χ0) is 12.9. The topological polar surface area (TPSA) is 92.2 Å². The van der Waals surface area contributed by atoms with Gasteiger partial charge in [-0.1, -0.05) is 29.8 Å². The number of halogens is 1. The van der Waals surface area contributed by atoms with Crippen molar-refractivity contribution in [2.24, 2.45) is 0 Å². The highest BCUT2D eigenvalue weighted by atomic mass is 35.7. The summed E-state index contributed by atoms with van der Waals surface area (Å²) in [5.41, 5.74) is 3.97. The fourth-order valence-electron chi connectivity index (χ4n) is 1.07. The third-order valence-electron chi connectivity index (χ3n) is 1.79. The molecule has 0 saturated heterocycles. The van der Waals surface area contributed by atoms with Gasteiger partial charge in [-0.05, 0) is 12.5 Å². The number of benzene rings is 1. The normalized spacial score (nSPS) is 10.6. The minimum absolute atomic E-state index is 1.32. The van der Waals surface area contributed by atoms with E-state index in [1.54, 1.807) is 20.7 Å². The van der Waals surface area contributed by atoms with Gasteiger partial charge in [0.15, 0.2) is 10.3 Å². The molecule has 1 heterocycles. The standard InChI is InChI=1S/C10H9S2.ClHO4/c1-8-2-4-9(5-3-8)10-6-11-12-7-10;2-1(3,4)5/h2-7H,1H3;(H,2,3,4,5)/q+1;/p-1. The Morgan fingerprint density at radius 2 is 1.53 bits per heavy atom. The Hall–Kier alpha value is -0.600. The molecule has 92 valence electrons. The van der Waals surface area contributed by atoms with Crippen molar-refractivity contribution in [1.82, 2.24) is 0 Å². The van der Waals surface area contributed by atoms with Crippen LogP contribution in [-0.4, -0.2) is 0 Å². The summed E-state index contributed by atoms with van der Waals surface area (Å²) in [6.45, 7) is 2.11. The third kappa shape index (κ3) is 6.64. The Kier molecular flexibility index (Phi) is 5.41. The molecule has 0 saturated carbocycles. The fourth-order valence-corrected chi connectivity index (χ4v) is 2.84. The molecular weight excluding hydrogens is 284 g/mol. The first-order chi connectivity index (χ1) is 7.86. The van der Waals surface area contributed by atoms with Crippen molar-refractivity contribution in [3.8, 4) is 11.1 Å². The summed E-state index contributed by atoms with van der Waals surface area (Å²) in [4.78, 5) is 0. The van der Waals surface area contributed by atoms with Gasteiger partial charge in [0.1, 0.15) is 0 Å². The van der Waals surface area contributed by atoms with E-state index in [0.29, 0.717) is 0 Å². The minimum Gasteiger partial charge on any atom is -0.222 e. The molecule has 1 aromatic heterocycles. The van der Waals surface area contributed by atoms with Crippen LogP contribution in [0.2, 0.25) is 0 Å². The largest absolute Gasteiger partial charge is 0.292 e. The van der Waals surface area contributed by atoms with Gasteiger partial charge in [-0.2, -0.15) is 0 Å². The minimum atomic E-state index is -4.94. The van der Waals surface area contributed by atoms with E-state index in [2.05, 4.69) is 41.9 Å². The first kappa shape index (κ1) is 14.5. The summed E-state index contributed by atoms with van der Waals surface area (Å²) in [5.74, 6) is 0. The predicted octanol–water partition coefficient (Wildman–Crippen LogP) is -0.690. The van der Waals surface area contributed by atoms with Crippen LogP contribution in [0.15, 0.2) is 35.0 Å². The summed E-state index contributed by atoms with van der Waals surface area (Å²) < 4.78 is 34.0. The van der Waals surface area contributed by atoms with Crippen molar-refractivity contribution >= 4 is 20.7 Å². The molecule has 0 aliphatic carbocycles. The Bertz CT molecular complexity index is 430. The van der Waals surface area contributed by atoms with E-state index >= 15 is 0 Å². The summed E-state index contributed by atoms with van der Waals surface area (Å²) in [5, 5.41) is 4.38. The molecule has 0 spiro atoms. The van der Waals surface area contributed by atoms with E-state index in [4.69, 9.17) is 18.6 Å². The first-order valence-corrected chi connectivity index (χ1v) is 7.91. The second-order valence-electron chi connectivity index (χ2n) is 3.13. The molecule has 0 N–H and O–H groups in total. The van der Waals surface area contributed by atoms with Crippen molar-refractivity contribution in [1.29, 1.82) is 0 Å². The molecule has 0 unspecified atom stereocenters. The monoisotopic (exact) mass is 292 g/mol. The van der Waals surface area contributed by atoms with Crippen molar-refractivity contribution in [2.75, 3.05) is 0 Å². The van der Waals surface area contributed by atoms with E-state index in [1.807, 2.05) is 0 Å². The van der Waals surface area contributed by atoms with E-state index in [1.165, 1.54) is 16.7 Å². The summed E-state index contributed by atoms with van der Waals surface area (Å²) in [6, 6.07) is 8.64. The lowest BCUT2D eigenvalue weighted by Crippen LogP contribution is -2.68. The molecule has 0 atom stereocenters.